The Labute approximate surface area is 178 Å². The van der Waals surface area contributed by atoms with Gasteiger partial charge in [-0.15, -0.1) is 0 Å². The van der Waals surface area contributed by atoms with E-state index in [1.807, 2.05) is 48.3 Å². The van der Waals surface area contributed by atoms with E-state index in [0.717, 1.165) is 47.6 Å². The Morgan fingerprint density at radius 2 is 1.87 bits per heavy atom. The van der Waals surface area contributed by atoms with Crippen LogP contribution < -0.4 is 10.2 Å². The van der Waals surface area contributed by atoms with Gasteiger partial charge in [-0.1, -0.05) is 36.4 Å². The molecule has 1 saturated heterocycles. The summed E-state index contributed by atoms with van der Waals surface area (Å²) in [5.74, 6) is 1.36. The molecule has 1 aliphatic heterocycles. The van der Waals surface area contributed by atoms with Crippen LogP contribution in [-0.2, 0) is 17.9 Å². The molecule has 0 atom stereocenters. The van der Waals surface area contributed by atoms with Gasteiger partial charge < -0.3 is 10.2 Å². The maximum absolute atomic E-state index is 13.8. The lowest BCUT2D eigenvalue weighted by molar-refractivity contribution is -0.122. The summed E-state index contributed by atoms with van der Waals surface area (Å²) in [5, 5.41) is 7.36. The van der Waals surface area contributed by atoms with Gasteiger partial charge in [0.1, 0.15) is 18.2 Å². The van der Waals surface area contributed by atoms with E-state index >= 15 is 0 Å². The molecular formula is C22H22F2N4OS. The second kappa shape index (κ2) is 9.30. The van der Waals surface area contributed by atoms with Gasteiger partial charge in [-0.25, -0.2) is 8.78 Å². The van der Waals surface area contributed by atoms with Gasteiger partial charge in [0.05, 0.1) is 0 Å². The van der Waals surface area contributed by atoms with Crippen LogP contribution in [-0.4, -0.2) is 40.3 Å². The van der Waals surface area contributed by atoms with Crippen LogP contribution in [0.3, 0.4) is 0 Å². The van der Waals surface area contributed by atoms with Crippen LogP contribution in [0.1, 0.15) is 5.56 Å². The fraction of sp³-hybridized carbons (Fsp3) is 0.273. The summed E-state index contributed by atoms with van der Waals surface area (Å²) >= 11 is 1.92. The van der Waals surface area contributed by atoms with E-state index in [9.17, 15) is 13.6 Å². The summed E-state index contributed by atoms with van der Waals surface area (Å²) in [5.41, 5.74) is 2.27. The third kappa shape index (κ3) is 4.81. The van der Waals surface area contributed by atoms with Crippen molar-refractivity contribution in [3.8, 4) is 11.1 Å². The zero-order chi connectivity index (χ0) is 20.9. The van der Waals surface area contributed by atoms with Crippen LogP contribution in [0.25, 0.3) is 11.1 Å². The Balaban J connectivity index is 1.49. The second-order valence-electron chi connectivity index (χ2n) is 7.04. The molecule has 1 fully saturated rings. The number of aromatic nitrogens is 2. The van der Waals surface area contributed by atoms with E-state index in [2.05, 4.69) is 15.3 Å². The minimum atomic E-state index is -0.675. The fourth-order valence-corrected chi connectivity index (χ4v) is 4.29. The van der Waals surface area contributed by atoms with Crippen LogP contribution in [0.15, 0.2) is 54.7 Å². The standard InChI is InChI=1S/C22H22F2N4OS/c23-18-7-6-17(20(24)12-18)13-25-21(29)15-28-14-19(16-4-2-1-3-5-16)22(26-28)27-8-10-30-11-9-27/h1-7,12,14H,8-11,13,15H2,(H,25,29). The first-order chi connectivity index (χ1) is 14.6. The highest BCUT2D eigenvalue weighted by Gasteiger charge is 2.20. The molecule has 5 nitrogen and oxygen atoms in total. The highest BCUT2D eigenvalue weighted by Crippen LogP contribution is 2.31. The van der Waals surface area contributed by atoms with E-state index in [0.29, 0.717) is 0 Å². The van der Waals surface area contributed by atoms with Crippen LogP contribution in [0.4, 0.5) is 14.6 Å². The predicted octanol–water partition coefficient (Wildman–Crippen LogP) is 3.70. The highest BCUT2D eigenvalue weighted by molar-refractivity contribution is 7.99. The Morgan fingerprint density at radius 1 is 1.10 bits per heavy atom. The number of hydrogen-bond acceptors (Lipinski definition) is 4. The lowest BCUT2D eigenvalue weighted by Gasteiger charge is -2.27. The molecule has 156 valence electrons. The van der Waals surface area contributed by atoms with E-state index < -0.39 is 11.6 Å². The number of anilines is 1. The number of nitrogens with zero attached hydrogens (tertiary/aromatic N) is 3. The van der Waals surface area contributed by atoms with Gasteiger partial charge >= 0.3 is 0 Å². The molecule has 0 spiro atoms. The molecule has 1 amide bonds. The molecule has 1 N–H and O–H groups in total. The summed E-state index contributed by atoms with van der Waals surface area (Å²) in [6.45, 7) is 1.84. The SMILES string of the molecule is O=C(Cn1cc(-c2ccccc2)c(N2CCSCC2)n1)NCc1ccc(F)cc1F. The van der Waals surface area contributed by atoms with Crippen molar-refractivity contribution >= 4 is 23.5 Å². The summed E-state index contributed by atoms with van der Waals surface area (Å²) in [7, 11) is 0. The van der Waals surface area contributed by atoms with Gasteiger partial charge in [0, 0.05) is 54.5 Å². The number of nitrogens with one attached hydrogen (secondary N) is 1. The number of halogens is 2. The van der Waals surface area contributed by atoms with E-state index in [4.69, 9.17) is 0 Å². The monoisotopic (exact) mass is 428 g/mol. The number of carbonyl (C=O) groups excluding carboxylic acids is 1. The van der Waals surface area contributed by atoms with Gasteiger partial charge in [0.2, 0.25) is 5.91 Å². The van der Waals surface area contributed by atoms with Crippen LogP contribution in [0, 0.1) is 11.6 Å². The van der Waals surface area contributed by atoms with Gasteiger partial charge in [-0.05, 0) is 11.6 Å². The van der Waals surface area contributed by atoms with Crippen molar-refractivity contribution < 1.29 is 13.6 Å². The normalized spacial score (nSPS) is 14.0. The zero-order valence-electron chi connectivity index (χ0n) is 16.4. The molecule has 30 heavy (non-hydrogen) atoms. The molecule has 0 aliphatic carbocycles. The average Bonchev–Trinajstić information content (AvgIpc) is 3.18. The third-order valence-corrected chi connectivity index (χ3v) is 5.88. The quantitative estimate of drug-likeness (QED) is 0.651. The molecule has 1 aromatic heterocycles. The minimum absolute atomic E-state index is 0.00599. The first-order valence-corrected chi connectivity index (χ1v) is 10.9. The topological polar surface area (TPSA) is 50.2 Å². The Hall–Kier alpha value is -2.87. The van der Waals surface area contributed by atoms with E-state index in [-0.39, 0.29) is 24.6 Å². The van der Waals surface area contributed by atoms with Gasteiger partial charge in [-0.3, -0.25) is 9.48 Å². The van der Waals surface area contributed by atoms with Crippen molar-refractivity contribution in [1.29, 1.82) is 0 Å². The maximum Gasteiger partial charge on any atom is 0.242 e. The van der Waals surface area contributed by atoms with Crippen molar-refractivity contribution in [2.75, 3.05) is 29.5 Å². The van der Waals surface area contributed by atoms with Crippen molar-refractivity contribution in [2.24, 2.45) is 0 Å². The number of benzene rings is 2. The number of amides is 1. The molecule has 0 radical (unpaired) electrons. The van der Waals surface area contributed by atoms with Crippen molar-refractivity contribution in [2.45, 2.75) is 13.1 Å². The molecular weight excluding hydrogens is 406 g/mol. The molecule has 1 aliphatic rings. The Morgan fingerprint density at radius 3 is 2.60 bits per heavy atom. The second-order valence-corrected chi connectivity index (χ2v) is 8.27. The first kappa shape index (κ1) is 20.4. The highest BCUT2D eigenvalue weighted by atomic mass is 32.2. The van der Waals surface area contributed by atoms with Crippen LogP contribution in [0.2, 0.25) is 0 Å². The predicted molar refractivity (Wildman–Crippen MR) is 115 cm³/mol. The van der Waals surface area contributed by atoms with Gasteiger partial charge in [0.15, 0.2) is 5.82 Å². The molecule has 8 heteroatoms. The fourth-order valence-electron chi connectivity index (χ4n) is 3.38. The minimum Gasteiger partial charge on any atom is -0.353 e. The lowest BCUT2D eigenvalue weighted by Crippen LogP contribution is -2.33. The van der Waals surface area contributed by atoms with Crippen molar-refractivity contribution in [3.63, 3.8) is 0 Å². The van der Waals surface area contributed by atoms with Gasteiger partial charge in [-0.2, -0.15) is 16.9 Å². The van der Waals surface area contributed by atoms with E-state index in [1.54, 1.807) is 4.68 Å². The van der Waals surface area contributed by atoms with Crippen molar-refractivity contribution in [3.05, 3.63) is 71.9 Å². The smallest absolute Gasteiger partial charge is 0.242 e. The molecule has 0 saturated carbocycles. The van der Waals surface area contributed by atoms with Crippen LogP contribution in [0.5, 0.6) is 0 Å². The lowest BCUT2D eigenvalue weighted by atomic mass is 10.1. The summed E-state index contributed by atoms with van der Waals surface area (Å²) in [4.78, 5) is 14.7. The number of hydrogen-bond donors (Lipinski definition) is 1. The first-order valence-electron chi connectivity index (χ1n) is 9.76. The number of carbonyl (C=O) groups is 1. The van der Waals surface area contributed by atoms with E-state index in [1.165, 1.54) is 12.1 Å². The third-order valence-electron chi connectivity index (χ3n) is 4.93. The number of thioether (sulfide) groups is 1. The van der Waals surface area contributed by atoms with Gasteiger partial charge in [0.25, 0.3) is 0 Å². The summed E-state index contributed by atoms with van der Waals surface area (Å²) < 4.78 is 28.4. The van der Waals surface area contributed by atoms with Crippen molar-refractivity contribution in [1.82, 2.24) is 15.1 Å². The maximum atomic E-state index is 13.8. The largest absolute Gasteiger partial charge is 0.353 e. The Bertz CT molecular complexity index is 1020. The molecule has 2 heterocycles. The molecule has 0 unspecified atom stereocenters. The van der Waals surface area contributed by atoms with Crippen LogP contribution >= 0.6 is 11.8 Å². The molecule has 2 aromatic carbocycles. The molecule has 4 rings (SSSR count). The molecule has 0 bridgehead atoms. The number of rotatable bonds is 6. The summed E-state index contributed by atoms with van der Waals surface area (Å²) in [6, 6.07) is 13.3. The zero-order valence-corrected chi connectivity index (χ0v) is 17.2. The Kier molecular flexibility index (Phi) is 6.32. The average molecular weight is 429 g/mol. The molecule has 3 aromatic rings. The summed E-state index contributed by atoms with van der Waals surface area (Å²) in [6.07, 6.45) is 1.88.